The van der Waals surface area contributed by atoms with E-state index >= 15 is 0 Å². The number of alkyl halides is 6. The molecule has 0 radical (unpaired) electrons. The van der Waals surface area contributed by atoms with E-state index in [2.05, 4.69) is 38.0 Å². The van der Waals surface area contributed by atoms with Crippen LogP contribution in [0.1, 0.15) is 268 Å². The van der Waals surface area contributed by atoms with E-state index in [-0.39, 0.29) is 45.7 Å². The molecule has 0 spiro atoms. The first-order valence-electron chi connectivity index (χ1n) is 39.6. The Kier molecular flexibility index (Phi) is 44.1. The van der Waals surface area contributed by atoms with Crippen LogP contribution in [0.2, 0.25) is 0 Å². The standard InChI is InChI=1S/C82H122Cl3F3N2O16/c1-5-9-12-15-18-21-22-25-28-31-40-47-69(92)102-65(46-39-30-27-24-20-17-14-11-7-3)54-70(93)105-76-72(90-80(95)101-59-81(83,84)85)79(104-67-58-99-77(106-75(67)76)62-43-36-33-37-44-62)100-57-66-74(98-56-60-41-34-32-35-42-60)73(94)71(78(103-66)96-52-8-4)89-68(91)53-64(45-38-29-26-23-19-16-13-10-6-2)97-55-61-48-50-63(51-49-61)82(86,87)88/h8,32-37,41-44,48-51,64-67,71-79,94H,4-7,9-31,38-40,45-47,52-59H2,1-3H3,(H,89,91)(H,90,95)/t64-,65-,66-,67-,71-,72-,73-,74-,75-,76-,77-,78+,79-/m1/s1. The van der Waals surface area contributed by atoms with E-state index in [1.165, 1.54) is 108 Å². The van der Waals surface area contributed by atoms with Gasteiger partial charge in [-0.05, 0) is 48.9 Å². The quantitative estimate of drug-likeness (QED) is 0.0158. The molecule has 0 saturated carbocycles. The Labute approximate surface area is 643 Å². The Morgan fingerprint density at radius 2 is 1.11 bits per heavy atom. The highest BCUT2D eigenvalue weighted by molar-refractivity contribution is 6.67. The molecule has 3 aromatic rings. The number of carbonyl (C=O) groups excluding carboxylic acids is 4. The monoisotopic (exact) mass is 1550 g/mol. The summed E-state index contributed by atoms with van der Waals surface area (Å²) in [6.45, 7) is 8.93. The summed E-state index contributed by atoms with van der Waals surface area (Å²) in [7, 11) is 0. The maximum absolute atomic E-state index is 14.9. The molecule has 0 bridgehead atoms. The Morgan fingerprint density at radius 1 is 0.585 bits per heavy atom. The summed E-state index contributed by atoms with van der Waals surface area (Å²) in [5.41, 5.74) is 1.07. The summed E-state index contributed by atoms with van der Waals surface area (Å²) in [5, 5.41) is 18.4. The summed E-state index contributed by atoms with van der Waals surface area (Å²) in [5.74, 6) is -1.71. The molecule has 13 atom stereocenters. The number of nitrogens with one attached hydrogen (secondary N) is 2. The maximum atomic E-state index is 14.9. The molecule has 0 unspecified atom stereocenters. The van der Waals surface area contributed by atoms with Crippen LogP contribution < -0.4 is 10.6 Å². The minimum absolute atomic E-state index is 0.0488. The van der Waals surface area contributed by atoms with E-state index in [1.54, 1.807) is 0 Å². The van der Waals surface area contributed by atoms with Crippen molar-refractivity contribution in [3.05, 3.63) is 120 Å². The van der Waals surface area contributed by atoms with Crippen LogP contribution in [0.3, 0.4) is 0 Å². The molecule has 6 rings (SSSR count). The second-order valence-electron chi connectivity index (χ2n) is 28.5. The zero-order valence-corrected chi connectivity index (χ0v) is 65.3. The number of aliphatic hydroxyl groups is 1. The number of halogens is 6. The van der Waals surface area contributed by atoms with Gasteiger partial charge in [0, 0.05) is 12.0 Å². The van der Waals surface area contributed by atoms with Gasteiger partial charge in [0.15, 0.2) is 25.0 Å². The van der Waals surface area contributed by atoms with Gasteiger partial charge in [-0.3, -0.25) is 14.4 Å². The lowest BCUT2D eigenvalue weighted by atomic mass is 9.94. The van der Waals surface area contributed by atoms with E-state index in [0.717, 1.165) is 101 Å². The van der Waals surface area contributed by atoms with Crippen molar-refractivity contribution in [2.45, 2.75) is 342 Å². The molecule has 3 aliphatic heterocycles. The Hall–Kier alpha value is -4.62. The first-order chi connectivity index (χ1) is 51.3. The molecule has 3 saturated heterocycles. The predicted molar refractivity (Wildman–Crippen MR) is 405 cm³/mol. The second-order valence-corrected chi connectivity index (χ2v) is 31.1. The molecule has 24 heteroatoms. The molecular formula is C82H122Cl3F3N2O16. The van der Waals surface area contributed by atoms with E-state index in [9.17, 15) is 37.5 Å². The number of benzene rings is 3. The summed E-state index contributed by atoms with van der Waals surface area (Å²) in [6.07, 6.45) is 14.6. The Balaban J connectivity index is 1.26. The number of carbonyl (C=O) groups is 4. The molecule has 3 fully saturated rings. The summed E-state index contributed by atoms with van der Waals surface area (Å²) < 4.78 is 109. The molecule has 3 aromatic carbocycles. The van der Waals surface area contributed by atoms with Crippen molar-refractivity contribution >= 4 is 58.7 Å². The lowest BCUT2D eigenvalue weighted by Crippen LogP contribution is -2.69. The third-order valence-electron chi connectivity index (χ3n) is 19.5. The molecule has 3 aliphatic rings. The number of fused-ring (bicyclic) bond motifs is 1. The second kappa shape index (κ2) is 51.8. The number of hydrogen-bond acceptors (Lipinski definition) is 16. The normalized spacial score (nSPS) is 22.4. The third-order valence-corrected chi connectivity index (χ3v) is 19.9. The first-order valence-corrected chi connectivity index (χ1v) is 40.7. The molecule has 106 heavy (non-hydrogen) atoms. The van der Waals surface area contributed by atoms with Crippen molar-refractivity contribution < 1.29 is 89.6 Å². The molecule has 2 amide bonds. The molecule has 598 valence electrons. The number of aliphatic hydroxyl groups excluding tert-OH is 1. The van der Waals surface area contributed by atoms with Crippen molar-refractivity contribution in [1.29, 1.82) is 0 Å². The van der Waals surface area contributed by atoms with Crippen LogP contribution in [-0.4, -0.2) is 133 Å². The van der Waals surface area contributed by atoms with Crippen LogP contribution >= 0.6 is 34.8 Å². The number of alkyl carbamates (subject to hydrolysis) is 1. The lowest BCUT2D eigenvalue weighted by Gasteiger charge is -2.49. The zero-order chi connectivity index (χ0) is 76.2. The summed E-state index contributed by atoms with van der Waals surface area (Å²) in [4.78, 5) is 57.3. The highest BCUT2D eigenvalue weighted by Gasteiger charge is 2.55. The fraction of sp³-hybridized carbons (Fsp3) is 0.707. The SMILES string of the molecule is C=CCO[C@H]1O[C@H](CO[C@@H]2O[C@@H]3CO[C@@H](c4ccccc4)O[C@H]3[C@H](OC(=O)C[C@@H](CCCCCCCCCCC)OC(=O)CCCCCCCCCCCCC)[C@H]2NC(=O)OCC(Cl)(Cl)Cl)[C@@H](OCc2ccccc2)[C@H](O)[C@H]1NC(=O)C[C@@H](CCCCCCCCCCC)OCc1ccc(C(F)(F)F)cc1. The predicted octanol–water partition coefficient (Wildman–Crippen LogP) is 19.4. The van der Waals surface area contributed by atoms with E-state index in [4.69, 9.17) is 86.9 Å². The number of amides is 2. The van der Waals surface area contributed by atoms with Gasteiger partial charge in [-0.15, -0.1) is 6.58 Å². The van der Waals surface area contributed by atoms with Gasteiger partial charge in [-0.25, -0.2) is 4.79 Å². The highest BCUT2D eigenvalue weighted by atomic mass is 35.6. The van der Waals surface area contributed by atoms with Crippen molar-refractivity contribution in [3.8, 4) is 0 Å². The third kappa shape index (κ3) is 35.6. The maximum Gasteiger partial charge on any atom is 0.416 e. The number of hydrogen-bond donors (Lipinski definition) is 3. The van der Waals surface area contributed by atoms with Crippen LogP contribution in [0, 0.1) is 0 Å². The largest absolute Gasteiger partial charge is 0.462 e. The Bertz CT molecular complexity index is 2870. The lowest BCUT2D eigenvalue weighted by molar-refractivity contribution is -0.351. The van der Waals surface area contributed by atoms with Gasteiger partial charge in [0.2, 0.25) is 9.70 Å². The van der Waals surface area contributed by atoms with Gasteiger partial charge in [-0.2, -0.15) is 13.2 Å². The van der Waals surface area contributed by atoms with Gasteiger partial charge in [0.1, 0.15) is 55.3 Å². The molecular weight excluding hydrogens is 1430 g/mol. The van der Waals surface area contributed by atoms with Crippen LogP contribution in [-0.2, 0) is 85.9 Å². The zero-order valence-electron chi connectivity index (χ0n) is 63.0. The van der Waals surface area contributed by atoms with Crippen LogP contribution in [0.25, 0.3) is 0 Å². The topological polar surface area (TPSA) is 214 Å². The fourth-order valence-corrected chi connectivity index (χ4v) is 13.8. The minimum Gasteiger partial charge on any atom is -0.462 e. The Morgan fingerprint density at radius 3 is 1.67 bits per heavy atom. The van der Waals surface area contributed by atoms with Crippen molar-refractivity contribution in [3.63, 3.8) is 0 Å². The fourth-order valence-electron chi connectivity index (χ4n) is 13.6. The van der Waals surface area contributed by atoms with E-state index in [0.29, 0.717) is 36.8 Å². The van der Waals surface area contributed by atoms with Crippen molar-refractivity contribution in [2.24, 2.45) is 0 Å². The summed E-state index contributed by atoms with van der Waals surface area (Å²) in [6, 6.07) is 20.2. The van der Waals surface area contributed by atoms with Crippen LogP contribution in [0.15, 0.2) is 97.6 Å². The number of esters is 2. The van der Waals surface area contributed by atoms with E-state index < -0.39 is 132 Å². The average Bonchev–Trinajstić information content (AvgIpc) is 0.770. The van der Waals surface area contributed by atoms with Crippen molar-refractivity contribution in [1.82, 2.24) is 10.6 Å². The summed E-state index contributed by atoms with van der Waals surface area (Å²) >= 11 is 18.3. The minimum atomic E-state index is -4.52. The van der Waals surface area contributed by atoms with Crippen LogP contribution in [0.5, 0.6) is 0 Å². The van der Waals surface area contributed by atoms with Gasteiger partial charge in [-0.1, -0.05) is 308 Å². The number of unbranched alkanes of at least 4 members (excludes halogenated alkanes) is 26. The molecule has 3 heterocycles. The average molecular weight is 1560 g/mol. The van der Waals surface area contributed by atoms with Gasteiger partial charge < -0.3 is 67.8 Å². The van der Waals surface area contributed by atoms with Gasteiger partial charge in [0.05, 0.1) is 57.5 Å². The smallest absolute Gasteiger partial charge is 0.416 e. The van der Waals surface area contributed by atoms with Crippen LogP contribution in [0.4, 0.5) is 18.0 Å². The van der Waals surface area contributed by atoms with E-state index in [1.807, 2.05) is 60.7 Å². The first kappa shape index (κ1) is 90.3. The molecule has 0 aromatic heterocycles. The van der Waals surface area contributed by atoms with Gasteiger partial charge >= 0.3 is 24.2 Å². The van der Waals surface area contributed by atoms with Gasteiger partial charge in [0.25, 0.3) is 0 Å². The molecule has 0 aliphatic carbocycles. The number of rotatable bonds is 54. The highest BCUT2D eigenvalue weighted by Crippen LogP contribution is 2.38. The molecule has 18 nitrogen and oxygen atoms in total. The molecule has 3 N–H and O–H groups in total. The number of ether oxygens (including phenoxy) is 11. The van der Waals surface area contributed by atoms with Crippen molar-refractivity contribution in [2.75, 3.05) is 26.4 Å².